The van der Waals surface area contributed by atoms with Gasteiger partial charge in [-0.2, -0.15) is 13.2 Å². The summed E-state index contributed by atoms with van der Waals surface area (Å²) in [5.41, 5.74) is 1.07. The fraction of sp³-hybridized carbons (Fsp3) is 0.519. The van der Waals surface area contributed by atoms with Gasteiger partial charge < -0.3 is 19.9 Å². The van der Waals surface area contributed by atoms with E-state index in [0.717, 1.165) is 29.7 Å². The van der Waals surface area contributed by atoms with Crippen LogP contribution in [-0.4, -0.2) is 60.0 Å². The molecule has 2 N–H and O–H groups in total. The summed E-state index contributed by atoms with van der Waals surface area (Å²) < 4.78 is 50.7. The van der Waals surface area contributed by atoms with Crippen molar-refractivity contribution in [1.82, 2.24) is 10.2 Å². The minimum absolute atomic E-state index is 0.0789. The maximum absolute atomic E-state index is 12.9. The Kier molecular flexibility index (Phi) is 8.66. The Morgan fingerprint density at radius 3 is 2.53 bits per heavy atom. The Hall–Kier alpha value is -2.46. The van der Waals surface area contributed by atoms with Gasteiger partial charge in [-0.25, -0.2) is 0 Å². The lowest BCUT2D eigenvalue weighted by molar-refractivity contribution is -0.158. The number of aliphatic hydroxyl groups is 1. The van der Waals surface area contributed by atoms with Crippen LogP contribution in [0.15, 0.2) is 54.6 Å². The quantitative estimate of drug-likeness (QED) is 0.618. The van der Waals surface area contributed by atoms with Gasteiger partial charge in [0.15, 0.2) is 0 Å². The van der Waals surface area contributed by atoms with E-state index < -0.39 is 17.8 Å². The lowest BCUT2D eigenvalue weighted by Crippen LogP contribution is -2.55. The van der Waals surface area contributed by atoms with Crippen LogP contribution in [0.4, 0.5) is 13.2 Å². The van der Waals surface area contributed by atoms with Crippen molar-refractivity contribution in [3.63, 3.8) is 0 Å². The molecular formula is C27H33F3N2O4. The number of benzene rings is 2. The van der Waals surface area contributed by atoms with Crippen LogP contribution in [0, 0.1) is 0 Å². The Balaban J connectivity index is 1.37. The number of nitrogens with one attached hydrogen (secondary N) is 1. The molecular weight excluding hydrogens is 473 g/mol. The third kappa shape index (κ3) is 7.06. The lowest BCUT2D eigenvalue weighted by Gasteiger charge is -2.44. The normalized spacial score (nSPS) is 26.4. The minimum Gasteiger partial charge on any atom is -0.389 e. The molecule has 1 amide bonds. The second-order valence-corrected chi connectivity index (χ2v) is 9.66. The summed E-state index contributed by atoms with van der Waals surface area (Å²) in [7, 11) is 0. The van der Waals surface area contributed by atoms with Crippen LogP contribution in [0.5, 0.6) is 0 Å². The number of fused-ring (bicyclic) bond motifs is 1. The molecule has 6 nitrogen and oxygen atoms in total. The molecule has 0 bridgehead atoms. The van der Waals surface area contributed by atoms with Crippen molar-refractivity contribution in [2.24, 2.45) is 0 Å². The zero-order valence-corrected chi connectivity index (χ0v) is 20.3. The fourth-order valence-electron chi connectivity index (χ4n) is 4.99. The van der Waals surface area contributed by atoms with Crippen molar-refractivity contribution >= 4 is 5.91 Å². The molecule has 36 heavy (non-hydrogen) atoms. The summed E-state index contributed by atoms with van der Waals surface area (Å²) in [6.45, 7) is 3.09. The van der Waals surface area contributed by atoms with Crippen molar-refractivity contribution in [3.05, 3.63) is 71.3 Å². The maximum atomic E-state index is 12.9. The zero-order valence-electron chi connectivity index (χ0n) is 20.3. The maximum Gasteiger partial charge on any atom is 0.416 e. The topological polar surface area (TPSA) is 71.0 Å². The van der Waals surface area contributed by atoms with E-state index in [0.29, 0.717) is 19.5 Å². The zero-order chi connectivity index (χ0) is 25.7. The first kappa shape index (κ1) is 26.6. The van der Waals surface area contributed by atoms with Crippen molar-refractivity contribution in [2.45, 2.75) is 69.3 Å². The molecule has 0 radical (unpaired) electrons. The van der Waals surface area contributed by atoms with Crippen molar-refractivity contribution in [2.75, 3.05) is 19.8 Å². The smallest absolute Gasteiger partial charge is 0.389 e. The van der Waals surface area contributed by atoms with Crippen LogP contribution < -0.4 is 5.32 Å². The third-order valence-corrected chi connectivity index (χ3v) is 6.84. The van der Waals surface area contributed by atoms with Gasteiger partial charge >= 0.3 is 6.18 Å². The second kappa shape index (κ2) is 11.7. The van der Waals surface area contributed by atoms with Crippen molar-refractivity contribution in [3.8, 4) is 0 Å². The SMILES string of the molecule is C[C@H](NC(=O)C[C@H]1CC[C@@H]2[C@H](COC[C@H](O)CN2Cc2ccc(C(F)(F)F)cc2)O1)c1ccccc1. The van der Waals surface area contributed by atoms with Gasteiger partial charge in [0.1, 0.15) is 0 Å². The van der Waals surface area contributed by atoms with Crippen molar-refractivity contribution < 1.29 is 32.5 Å². The first-order valence-corrected chi connectivity index (χ1v) is 12.3. The summed E-state index contributed by atoms with van der Waals surface area (Å²) in [5, 5.41) is 13.4. The number of rotatable bonds is 6. The molecule has 196 valence electrons. The standard InChI is InChI=1S/C27H33F3N2O4/c1-18(20-5-3-2-4-6-20)31-26(34)13-23-11-12-24-25(36-23)17-35-16-22(33)15-32(24)14-19-7-9-21(10-8-19)27(28,29)30/h2-10,18,22-25,33H,11-17H2,1H3,(H,31,34)/t18-,22+,23+,24+,25-/m0/s1. The van der Waals surface area contributed by atoms with E-state index in [1.165, 1.54) is 12.1 Å². The fourth-order valence-corrected chi connectivity index (χ4v) is 4.99. The average molecular weight is 507 g/mol. The highest BCUT2D eigenvalue weighted by atomic mass is 19.4. The predicted octanol–water partition coefficient (Wildman–Crippen LogP) is 4.08. The number of ether oxygens (including phenoxy) is 2. The number of amides is 1. The number of alkyl halides is 3. The molecule has 0 spiro atoms. The first-order valence-electron chi connectivity index (χ1n) is 12.3. The molecule has 2 saturated heterocycles. The predicted molar refractivity (Wildman–Crippen MR) is 128 cm³/mol. The molecule has 9 heteroatoms. The van der Waals surface area contributed by atoms with E-state index in [-0.39, 0.29) is 49.8 Å². The second-order valence-electron chi connectivity index (χ2n) is 9.66. The van der Waals surface area contributed by atoms with E-state index in [2.05, 4.69) is 10.2 Å². The molecule has 2 aromatic rings. The molecule has 0 aromatic heterocycles. The highest BCUT2D eigenvalue weighted by Crippen LogP contribution is 2.31. The summed E-state index contributed by atoms with van der Waals surface area (Å²) in [5.74, 6) is -0.0846. The number of hydrogen-bond acceptors (Lipinski definition) is 5. The van der Waals surface area contributed by atoms with E-state index in [1.54, 1.807) is 0 Å². The van der Waals surface area contributed by atoms with Gasteiger partial charge in [-0.15, -0.1) is 0 Å². The van der Waals surface area contributed by atoms with E-state index in [4.69, 9.17) is 9.47 Å². The summed E-state index contributed by atoms with van der Waals surface area (Å²) in [6, 6.07) is 14.7. The molecule has 4 rings (SSSR count). The van der Waals surface area contributed by atoms with Gasteiger partial charge in [0.25, 0.3) is 0 Å². The molecule has 0 aliphatic carbocycles. The molecule has 2 aliphatic heterocycles. The number of carbonyl (C=O) groups is 1. The van der Waals surface area contributed by atoms with Gasteiger partial charge in [0.05, 0.1) is 49.6 Å². The largest absolute Gasteiger partial charge is 0.416 e. The number of halogens is 3. The molecule has 2 heterocycles. The van der Waals surface area contributed by atoms with Crippen LogP contribution in [0.1, 0.15) is 48.9 Å². The average Bonchev–Trinajstić information content (AvgIpc) is 2.83. The Morgan fingerprint density at radius 2 is 1.83 bits per heavy atom. The summed E-state index contributed by atoms with van der Waals surface area (Å²) in [4.78, 5) is 14.7. The molecule has 5 atom stereocenters. The van der Waals surface area contributed by atoms with Crippen LogP contribution >= 0.6 is 0 Å². The summed E-state index contributed by atoms with van der Waals surface area (Å²) >= 11 is 0. The van der Waals surface area contributed by atoms with Crippen LogP contribution in [0.3, 0.4) is 0 Å². The van der Waals surface area contributed by atoms with E-state index in [1.807, 2.05) is 37.3 Å². The summed E-state index contributed by atoms with van der Waals surface area (Å²) in [6.07, 6.45) is -4.01. The minimum atomic E-state index is -4.38. The van der Waals surface area contributed by atoms with E-state index >= 15 is 0 Å². The Bertz CT molecular complexity index is 987. The molecule has 2 aliphatic rings. The number of aliphatic hydroxyl groups excluding tert-OH is 1. The number of hydrogen-bond donors (Lipinski definition) is 2. The van der Waals surface area contributed by atoms with Gasteiger partial charge in [0.2, 0.25) is 5.91 Å². The Morgan fingerprint density at radius 1 is 1.11 bits per heavy atom. The third-order valence-electron chi connectivity index (χ3n) is 6.84. The number of β-amino-alcohol motifs (C(OH)–C–C–N with tert-alkyl or cyclic N) is 1. The van der Waals surface area contributed by atoms with Crippen LogP contribution in [0.2, 0.25) is 0 Å². The van der Waals surface area contributed by atoms with Gasteiger partial charge in [-0.3, -0.25) is 9.69 Å². The number of carbonyl (C=O) groups excluding carboxylic acids is 1. The van der Waals surface area contributed by atoms with E-state index in [9.17, 15) is 23.1 Å². The van der Waals surface area contributed by atoms with Crippen molar-refractivity contribution in [1.29, 1.82) is 0 Å². The monoisotopic (exact) mass is 506 g/mol. The number of nitrogens with zero attached hydrogens (tertiary/aromatic N) is 1. The highest BCUT2D eigenvalue weighted by Gasteiger charge is 2.38. The van der Waals surface area contributed by atoms with Gasteiger partial charge in [-0.05, 0) is 43.0 Å². The van der Waals surface area contributed by atoms with Crippen LogP contribution in [0.25, 0.3) is 0 Å². The Labute approximate surface area is 209 Å². The molecule has 2 aromatic carbocycles. The highest BCUT2D eigenvalue weighted by molar-refractivity contribution is 5.77. The van der Waals surface area contributed by atoms with Crippen LogP contribution in [-0.2, 0) is 27.0 Å². The molecule has 0 unspecified atom stereocenters. The first-order chi connectivity index (χ1) is 17.2. The molecule has 0 saturated carbocycles. The molecule has 2 fully saturated rings. The lowest BCUT2D eigenvalue weighted by atomic mass is 9.94. The van der Waals surface area contributed by atoms with Gasteiger partial charge in [0, 0.05) is 19.1 Å². The van der Waals surface area contributed by atoms with Gasteiger partial charge in [-0.1, -0.05) is 42.5 Å².